The lowest BCUT2D eigenvalue weighted by atomic mass is 10.0. The van der Waals surface area contributed by atoms with Crippen LogP contribution in [-0.4, -0.2) is 22.0 Å². The highest BCUT2D eigenvalue weighted by Gasteiger charge is 2.14. The zero-order valence-electron chi connectivity index (χ0n) is 13.9. The van der Waals surface area contributed by atoms with Crippen LogP contribution in [0.15, 0.2) is 60.9 Å². The minimum Gasteiger partial charge on any atom is -0.373 e. The number of halogens is 2. The van der Waals surface area contributed by atoms with E-state index in [4.69, 9.17) is 0 Å². The van der Waals surface area contributed by atoms with Gasteiger partial charge in [0.15, 0.2) is 5.82 Å². The van der Waals surface area contributed by atoms with Gasteiger partial charge in [0.1, 0.15) is 17.5 Å². The summed E-state index contributed by atoms with van der Waals surface area (Å²) in [6.45, 7) is 0. The number of benzene rings is 2. The molecular weight excluding hydrogens is 334 g/mol. The fourth-order valence-electron chi connectivity index (χ4n) is 2.87. The Morgan fingerprint density at radius 1 is 0.885 bits per heavy atom. The van der Waals surface area contributed by atoms with E-state index in [1.807, 2.05) is 6.07 Å². The molecule has 4 nitrogen and oxygen atoms in total. The molecule has 26 heavy (non-hydrogen) atoms. The second-order valence-electron chi connectivity index (χ2n) is 5.72. The molecule has 0 aliphatic heterocycles. The topological polar surface area (TPSA) is 50.7 Å². The number of nitrogens with zero attached hydrogens (tertiary/aromatic N) is 3. The average Bonchev–Trinajstić information content (AvgIpc) is 2.67. The third-order valence-corrected chi connectivity index (χ3v) is 4.10. The predicted molar refractivity (Wildman–Crippen MR) is 97.7 cm³/mol. The van der Waals surface area contributed by atoms with Gasteiger partial charge in [-0.2, -0.15) is 0 Å². The van der Waals surface area contributed by atoms with Gasteiger partial charge in [-0.3, -0.25) is 4.98 Å². The number of hydrogen-bond donors (Lipinski definition) is 1. The summed E-state index contributed by atoms with van der Waals surface area (Å²) in [6, 6.07) is 12.6. The van der Waals surface area contributed by atoms with Gasteiger partial charge in [-0.25, -0.2) is 18.7 Å². The molecule has 0 atom stereocenters. The summed E-state index contributed by atoms with van der Waals surface area (Å²) in [7, 11) is 1.76. The maximum atomic E-state index is 14.1. The number of nitrogens with one attached hydrogen (secondary N) is 1. The number of hydrogen-bond acceptors (Lipinski definition) is 4. The summed E-state index contributed by atoms with van der Waals surface area (Å²) >= 11 is 0. The Bertz CT molecular complexity index is 1080. The van der Waals surface area contributed by atoms with E-state index in [0.717, 1.165) is 10.9 Å². The second-order valence-corrected chi connectivity index (χ2v) is 5.72. The predicted octanol–water partition coefficient (Wildman–Crippen LogP) is 4.68. The smallest absolute Gasteiger partial charge is 0.163 e. The summed E-state index contributed by atoms with van der Waals surface area (Å²) in [5.41, 5.74) is 1.70. The zero-order valence-corrected chi connectivity index (χ0v) is 13.9. The van der Waals surface area contributed by atoms with Crippen LogP contribution in [0.5, 0.6) is 0 Å². The monoisotopic (exact) mass is 348 g/mol. The van der Waals surface area contributed by atoms with Gasteiger partial charge in [0.2, 0.25) is 0 Å². The van der Waals surface area contributed by atoms with Gasteiger partial charge in [0.05, 0.1) is 11.1 Å². The van der Waals surface area contributed by atoms with E-state index >= 15 is 0 Å². The standard InChI is InChI=1S/C20H14F2N4/c1-23-20-14-8-7-12(18-15(21)5-2-6-16(18)22)10-17(14)25-19(26-20)13-4-3-9-24-11-13/h2-11H,1H3,(H,23,25,26). The zero-order chi connectivity index (χ0) is 18.1. The first-order chi connectivity index (χ1) is 12.7. The van der Waals surface area contributed by atoms with Gasteiger partial charge in [-0.15, -0.1) is 0 Å². The van der Waals surface area contributed by atoms with Crippen molar-refractivity contribution < 1.29 is 8.78 Å². The van der Waals surface area contributed by atoms with Crippen molar-refractivity contribution in [2.24, 2.45) is 0 Å². The molecule has 6 heteroatoms. The first-order valence-electron chi connectivity index (χ1n) is 8.01. The Morgan fingerprint density at radius 3 is 2.38 bits per heavy atom. The van der Waals surface area contributed by atoms with E-state index < -0.39 is 11.6 Å². The van der Waals surface area contributed by atoms with Crippen LogP contribution in [0, 0.1) is 11.6 Å². The molecule has 0 aliphatic carbocycles. The number of fused-ring (bicyclic) bond motifs is 1. The highest BCUT2D eigenvalue weighted by molar-refractivity contribution is 5.93. The minimum absolute atomic E-state index is 0.0676. The van der Waals surface area contributed by atoms with E-state index in [1.165, 1.54) is 18.2 Å². The molecule has 4 aromatic rings. The van der Waals surface area contributed by atoms with E-state index in [9.17, 15) is 8.78 Å². The normalized spacial score (nSPS) is 10.9. The molecule has 0 radical (unpaired) electrons. The van der Waals surface area contributed by atoms with Gasteiger partial charge < -0.3 is 5.32 Å². The van der Waals surface area contributed by atoms with Crippen LogP contribution >= 0.6 is 0 Å². The highest BCUT2D eigenvalue weighted by Crippen LogP contribution is 2.31. The quantitative estimate of drug-likeness (QED) is 0.584. The Hall–Kier alpha value is -3.41. The molecule has 0 amide bonds. The molecule has 1 N–H and O–H groups in total. The minimum atomic E-state index is -0.611. The molecule has 2 heterocycles. The van der Waals surface area contributed by atoms with Gasteiger partial charge in [0.25, 0.3) is 0 Å². The molecule has 2 aromatic heterocycles. The molecule has 4 rings (SSSR count). The lowest BCUT2D eigenvalue weighted by Gasteiger charge is -2.10. The Labute approximate surface area is 148 Å². The van der Waals surface area contributed by atoms with Crippen LogP contribution in [0.25, 0.3) is 33.4 Å². The van der Waals surface area contributed by atoms with Gasteiger partial charge in [-0.05, 0) is 42.0 Å². The van der Waals surface area contributed by atoms with Crippen LogP contribution in [0.3, 0.4) is 0 Å². The summed E-state index contributed by atoms with van der Waals surface area (Å²) in [5.74, 6) is -0.102. The number of aromatic nitrogens is 3. The molecule has 0 saturated carbocycles. The van der Waals surface area contributed by atoms with Crippen molar-refractivity contribution >= 4 is 16.7 Å². The molecule has 2 aromatic carbocycles. The van der Waals surface area contributed by atoms with Crippen LogP contribution < -0.4 is 5.32 Å². The van der Waals surface area contributed by atoms with Gasteiger partial charge >= 0.3 is 0 Å². The summed E-state index contributed by atoms with van der Waals surface area (Å²) in [4.78, 5) is 13.2. The fraction of sp³-hybridized carbons (Fsp3) is 0.0500. The molecule has 128 valence electrons. The SMILES string of the molecule is CNc1nc(-c2cccnc2)nc2cc(-c3c(F)cccc3F)ccc12. The third kappa shape index (κ3) is 2.75. The molecule has 0 spiro atoms. The largest absolute Gasteiger partial charge is 0.373 e. The van der Waals surface area contributed by atoms with E-state index in [-0.39, 0.29) is 5.56 Å². The van der Waals surface area contributed by atoms with Crippen LogP contribution in [0.4, 0.5) is 14.6 Å². The van der Waals surface area contributed by atoms with Gasteiger partial charge in [-0.1, -0.05) is 12.1 Å². The lowest BCUT2D eigenvalue weighted by molar-refractivity contribution is 0.589. The molecular formula is C20H14F2N4. The second kappa shape index (κ2) is 6.48. The van der Waals surface area contributed by atoms with Crippen LogP contribution in [0.1, 0.15) is 0 Å². The van der Waals surface area contributed by atoms with Crippen molar-refractivity contribution in [3.8, 4) is 22.5 Å². The Kier molecular flexibility index (Phi) is 4.01. The van der Waals surface area contributed by atoms with E-state index in [0.29, 0.717) is 22.7 Å². The highest BCUT2D eigenvalue weighted by atomic mass is 19.1. The van der Waals surface area contributed by atoms with Crippen molar-refractivity contribution in [2.45, 2.75) is 0 Å². The lowest BCUT2D eigenvalue weighted by Crippen LogP contribution is -1.99. The maximum Gasteiger partial charge on any atom is 0.163 e. The molecule has 0 fully saturated rings. The summed E-state index contributed by atoms with van der Waals surface area (Å²) in [5, 5.41) is 3.81. The molecule has 0 bridgehead atoms. The van der Waals surface area contributed by atoms with Crippen molar-refractivity contribution in [1.82, 2.24) is 15.0 Å². The van der Waals surface area contributed by atoms with Crippen molar-refractivity contribution in [1.29, 1.82) is 0 Å². The first kappa shape index (κ1) is 16.1. The van der Waals surface area contributed by atoms with E-state index in [2.05, 4.69) is 20.3 Å². The first-order valence-corrected chi connectivity index (χ1v) is 8.01. The average molecular weight is 348 g/mol. The summed E-state index contributed by atoms with van der Waals surface area (Å²) < 4.78 is 28.3. The van der Waals surface area contributed by atoms with Gasteiger partial charge in [0, 0.05) is 30.4 Å². The number of anilines is 1. The van der Waals surface area contributed by atoms with Crippen molar-refractivity contribution in [2.75, 3.05) is 12.4 Å². The van der Waals surface area contributed by atoms with Crippen molar-refractivity contribution in [3.05, 3.63) is 72.6 Å². The van der Waals surface area contributed by atoms with E-state index in [1.54, 1.807) is 43.7 Å². The molecule has 0 aliphatic rings. The van der Waals surface area contributed by atoms with Crippen molar-refractivity contribution in [3.63, 3.8) is 0 Å². The maximum absolute atomic E-state index is 14.1. The number of rotatable bonds is 3. The Balaban J connectivity index is 1.95. The third-order valence-electron chi connectivity index (χ3n) is 4.10. The molecule has 0 saturated heterocycles. The van der Waals surface area contributed by atoms with Crippen LogP contribution in [-0.2, 0) is 0 Å². The number of pyridine rings is 1. The molecule has 0 unspecified atom stereocenters. The van der Waals surface area contributed by atoms with Crippen LogP contribution in [0.2, 0.25) is 0 Å². The fourth-order valence-corrected chi connectivity index (χ4v) is 2.87. The summed E-state index contributed by atoms with van der Waals surface area (Å²) in [6.07, 6.45) is 3.34. The Morgan fingerprint density at radius 2 is 1.69 bits per heavy atom.